The van der Waals surface area contributed by atoms with Gasteiger partial charge in [0.2, 0.25) is 0 Å². The number of nitrogens with one attached hydrogen (secondary N) is 2. The van der Waals surface area contributed by atoms with E-state index < -0.39 is 11.9 Å². The van der Waals surface area contributed by atoms with Gasteiger partial charge in [-0.15, -0.1) is 0 Å². The number of para-hydroxylation sites is 1. The molecule has 1 heterocycles. The third-order valence-electron chi connectivity index (χ3n) is 4.33. The second-order valence-corrected chi connectivity index (χ2v) is 6.48. The Morgan fingerprint density at radius 1 is 1.00 bits per heavy atom. The van der Waals surface area contributed by atoms with Crippen molar-refractivity contribution in [2.24, 2.45) is 0 Å². The molecule has 0 aliphatic carbocycles. The number of aryl methyl sites for hydroxylation is 1. The van der Waals surface area contributed by atoms with Crippen molar-refractivity contribution in [2.45, 2.75) is 6.92 Å². The SMILES string of the molecule is COC(=O)/C=C(/Nc1cccc(-c2nccc(Nc3ccccc3C)n2)c1)C(=O)OC. The number of nitrogens with zero attached hydrogens (tertiary/aromatic N) is 2. The van der Waals surface area contributed by atoms with Gasteiger partial charge in [0.15, 0.2) is 5.82 Å². The fourth-order valence-corrected chi connectivity index (χ4v) is 2.74. The molecular weight excluding hydrogens is 396 g/mol. The average Bonchev–Trinajstić information content (AvgIpc) is 2.80. The van der Waals surface area contributed by atoms with Crippen LogP contribution in [-0.2, 0) is 19.1 Å². The van der Waals surface area contributed by atoms with Gasteiger partial charge in [0, 0.05) is 23.1 Å². The predicted molar refractivity (Wildman–Crippen MR) is 118 cm³/mol. The van der Waals surface area contributed by atoms with E-state index in [1.54, 1.807) is 30.5 Å². The summed E-state index contributed by atoms with van der Waals surface area (Å²) < 4.78 is 9.30. The van der Waals surface area contributed by atoms with E-state index in [9.17, 15) is 9.59 Å². The Hall–Kier alpha value is -4.20. The minimum absolute atomic E-state index is 0.0533. The lowest BCUT2D eigenvalue weighted by atomic mass is 10.1. The molecule has 8 nitrogen and oxygen atoms in total. The third kappa shape index (κ3) is 5.66. The highest BCUT2D eigenvalue weighted by atomic mass is 16.5. The summed E-state index contributed by atoms with van der Waals surface area (Å²) in [7, 11) is 2.45. The molecule has 0 saturated heterocycles. The zero-order valence-corrected chi connectivity index (χ0v) is 17.4. The molecule has 3 rings (SSSR count). The number of aromatic nitrogens is 2. The van der Waals surface area contributed by atoms with Crippen LogP contribution in [0.25, 0.3) is 11.4 Å². The fraction of sp³-hybridized carbons (Fsp3) is 0.130. The molecule has 3 aromatic rings. The number of carbonyl (C=O) groups is 2. The van der Waals surface area contributed by atoms with Gasteiger partial charge in [-0.3, -0.25) is 0 Å². The van der Waals surface area contributed by atoms with E-state index in [1.165, 1.54) is 14.2 Å². The summed E-state index contributed by atoms with van der Waals surface area (Å²) in [5.41, 5.74) is 3.28. The number of benzene rings is 2. The molecule has 0 amide bonds. The van der Waals surface area contributed by atoms with Gasteiger partial charge >= 0.3 is 11.9 Å². The van der Waals surface area contributed by atoms with Crippen LogP contribution in [0.3, 0.4) is 0 Å². The molecule has 1 aromatic heterocycles. The van der Waals surface area contributed by atoms with E-state index in [-0.39, 0.29) is 5.70 Å². The van der Waals surface area contributed by atoms with Crippen LogP contribution >= 0.6 is 0 Å². The highest BCUT2D eigenvalue weighted by molar-refractivity contribution is 5.98. The second-order valence-electron chi connectivity index (χ2n) is 6.48. The highest BCUT2D eigenvalue weighted by Gasteiger charge is 2.13. The van der Waals surface area contributed by atoms with Gasteiger partial charge in [-0.1, -0.05) is 30.3 Å². The Bertz CT molecular complexity index is 1130. The van der Waals surface area contributed by atoms with Crippen LogP contribution in [0, 0.1) is 6.92 Å². The van der Waals surface area contributed by atoms with E-state index in [2.05, 4.69) is 25.3 Å². The number of carbonyl (C=O) groups excluding carboxylic acids is 2. The summed E-state index contributed by atoms with van der Waals surface area (Å²) in [6.45, 7) is 2.01. The maximum Gasteiger partial charge on any atom is 0.354 e. The summed E-state index contributed by atoms with van der Waals surface area (Å²) >= 11 is 0. The maximum atomic E-state index is 12.0. The van der Waals surface area contributed by atoms with E-state index in [4.69, 9.17) is 4.74 Å². The van der Waals surface area contributed by atoms with Crippen molar-refractivity contribution in [3.63, 3.8) is 0 Å². The molecule has 0 atom stereocenters. The Morgan fingerprint density at radius 2 is 1.81 bits per heavy atom. The first kappa shape index (κ1) is 21.5. The summed E-state index contributed by atoms with van der Waals surface area (Å²) in [5.74, 6) is -0.226. The molecule has 0 bridgehead atoms. The van der Waals surface area contributed by atoms with Crippen LogP contribution in [0.2, 0.25) is 0 Å². The summed E-state index contributed by atoms with van der Waals surface area (Å²) in [5, 5.41) is 6.17. The Kier molecular flexibility index (Phi) is 6.95. The number of esters is 2. The van der Waals surface area contributed by atoms with Crippen LogP contribution in [0.5, 0.6) is 0 Å². The van der Waals surface area contributed by atoms with Crippen LogP contribution in [0.1, 0.15) is 5.56 Å². The largest absolute Gasteiger partial charge is 0.466 e. The molecule has 8 heteroatoms. The zero-order valence-electron chi connectivity index (χ0n) is 17.4. The van der Waals surface area contributed by atoms with Crippen molar-refractivity contribution in [3.05, 3.63) is 78.1 Å². The van der Waals surface area contributed by atoms with Crippen molar-refractivity contribution >= 4 is 29.1 Å². The van der Waals surface area contributed by atoms with Gasteiger partial charge in [-0.05, 0) is 36.8 Å². The summed E-state index contributed by atoms with van der Waals surface area (Å²) in [6.07, 6.45) is 2.70. The molecule has 2 aromatic carbocycles. The van der Waals surface area contributed by atoms with Crippen molar-refractivity contribution < 1.29 is 19.1 Å². The van der Waals surface area contributed by atoms with Gasteiger partial charge in [0.05, 0.1) is 20.3 Å². The molecule has 0 radical (unpaired) electrons. The van der Waals surface area contributed by atoms with Gasteiger partial charge in [-0.25, -0.2) is 19.6 Å². The van der Waals surface area contributed by atoms with Crippen molar-refractivity contribution in [3.8, 4) is 11.4 Å². The lowest BCUT2D eigenvalue weighted by Crippen LogP contribution is -2.15. The highest BCUT2D eigenvalue weighted by Crippen LogP contribution is 2.23. The minimum Gasteiger partial charge on any atom is -0.466 e. The van der Waals surface area contributed by atoms with E-state index in [0.717, 1.165) is 22.9 Å². The molecule has 158 valence electrons. The molecule has 0 aliphatic heterocycles. The number of anilines is 3. The van der Waals surface area contributed by atoms with E-state index in [0.29, 0.717) is 17.3 Å². The van der Waals surface area contributed by atoms with Gasteiger partial charge < -0.3 is 20.1 Å². The predicted octanol–water partition coefficient (Wildman–Crippen LogP) is 3.84. The molecule has 0 fully saturated rings. The standard InChI is InChI=1S/C23H22N4O4/c1-15-7-4-5-10-18(15)26-20-11-12-24-22(27-20)16-8-6-9-17(13-16)25-19(23(29)31-3)14-21(28)30-2/h4-14,25H,1-3H3,(H,24,26,27)/b19-14+. The average molecular weight is 418 g/mol. The van der Waals surface area contributed by atoms with Crippen LogP contribution in [-0.4, -0.2) is 36.1 Å². The molecule has 31 heavy (non-hydrogen) atoms. The van der Waals surface area contributed by atoms with Crippen LogP contribution < -0.4 is 10.6 Å². The Morgan fingerprint density at radius 3 is 2.55 bits per heavy atom. The number of hydrogen-bond acceptors (Lipinski definition) is 8. The van der Waals surface area contributed by atoms with Gasteiger partial charge in [0.1, 0.15) is 11.5 Å². The molecule has 0 saturated carbocycles. The minimum atomic E-state index is -0.698. The molecule has 0 unspecified atom stereocenters. The van der Waals surface area contributed by atoms with Crippen LogP contribution in [0.15, 0.2) is 72.6 Å². The normalized spacial score (nSPS) is 10.9. The quantitative estimate of drug-likeness (QED) is 0.441. The first-order valence-corrected chi connectivity index (χ1v) is 9.41. The van der Waals surface area contributed by atoms with Gasteiger partial charge in [-0.2, -0.15) is 0 Å². The lowest BCUT2D eigenvalue weighted by molar-refractivity contribution is -0.138. The smallest absolute Gasteiger partial charge is 0.354 e. The summed E-state index contributed by atoms with van der Waals surface area (Å²) in [6, 6.07) is 16.8. The Labute approximate surface area is 179 Å². The number of hydrogen-bond donors (Lipinski definition) is 2. The van der Waals surface area contributed by atoms with E-state index in [1.807, 2.05) is 37.3 Å². The lowest BCUT2D eigenvalue weighted by Gasteiger charge is -2.11. The first-order chi connectivity index (χ1) is 15.0. The van der Waals surface area contributed by atoms with Crippen molar-refractivity contribution in [1.29, 1.82) is 0 Å². The topological polar surface area (TPSA) is 102 Å². The monoisotopic (exact) mass is 418 g/mol. The summed E-state index contributed by atoms with van der Waals surface area (Å²) in [4.78, 5) is 32.5. The molecular formula is C23H22N4O4. The Balaban J connectivity index is 1.86. The van der Waals surface area contributed by atoms with Crippen molar-refractivity contribution in [1.82, 2.24) is 9.97 Å². The maximum absolute atomic E-state index is 12.0. The third-order valence-corrected chi connectivity index (χ3v) is 4.33. The van der Waals surface area contributed by atoms with Gasteiger partial charge in [0.25, 0.3) is 0 Å². The van der Waals surface area contributed by atoms with Crippen molar-refractivity contribution in [2.75, 3.05) is 24.9 Å². The first-order valence-electron chi connectivity index (χ1n) is 9.41. The van der Waals surface area contributed by atoms with Crippen LogP contribution in [0.4, 0.5) is 17.2 Å². The number of rotatable bonds is 7. The molecule has 2 N–H and O–H groups in total. The zero-order chi connectivity index (χ0) is 22.2. The number of methoxy groups -OCH3 is 2. The number of ether oxygens (including phenoxy) is 2. The molecule has 0 spiro atoms. The van der Waals surface area contributed by atoms with E-state index >= 15 is 0 Å². The fourth-order valence-electron chi connectivity index (χ4n) is 2.74. The second kappa shape index (κ2) is 10.0. The molecule has 0 aliphatic rings.